The van der Waals surface area contributed by atoms with E-state index in [2.05, 4.69) is 0 Å². The van der Waals surface area contributed by atoms with Gasteiger partial charge < -0.3 is 10.8 Å². The summed E-state index contributed by atoms with van der Waals surface area (Å²) in [5.41, 5.74) is 5.88. The van der Waals surface area contributed by atoms with Crippen molar-refractivity contribution in [2.45, 2.75) is 32.9 Å². The standard InChI is InChI=1S/C14H22FN3O/c1-4-18(9-14(2,3)19)8-10-5-6-11(15)7-12(10)13(16)17/h5-7,19H,4,8-9H2,1-3H3,(H3,16,17). The minimum absolute atomic E-state index is 0.145. The molecule has 0 heterocycles. The number of hydrogen-bond acceptors (Lipinski definition) is 3. The van der Waals surface area contributed by atoms with Crippen molar-refractivity contribution < 1.29 is 9.50 Å². The lowest BCUT2D eigenvalue weighted by molar-refractivity contribution is 0.0353. The Labute approximate surface area is 113 Å². The van der Waals surface area contributed by atoms with Crippen LogP contribution in [0, 0.1) is 11.2 Å². The van der Waals surface area contributed by atoms with Crippen molar-refractivity contribution in [3.05, 3.63) is 35.1 Å². The molecule has 0 bridgehead atoms. The van der Waals surface area contributed by atoms with Crippen LogP contribution in [0.25, 0.3) is 0 Å². The molecular formula is C14H22FN3O. The Balaban J connectivity index is 2.94. The average Bonchev–Trinajstić information content (AvgIpc) is 2.28. The molecule has 19 heavy (non-hydrogen) atoms. The third kappa shape index (κ3) is 4.96. The first-order valence-corrected chi connectivity index (χ1v) is 6.30. The SMILES string of the molecule is CCN(Cc1ccc(F)cc1C(=N)N)CC(C)(C)O. The van der Waals surface area contributed by atoms with Crippen molar-refractivity contribution in [1.29, 1.82) is 5.41 Å². The molecule has 0 fully saturated rings. The van der Waals surface area contributed by atoms with Gasteiger partial charge in [-0.1, -0.05) is 13.0 Å². The Kier molecular flexibility index (Phi) is 5.03. The summed E-state index contributed by atoms with van der Waals surface area (Å²) in [6, 6.07) is 4.27. The molecule has 0 aliphatic heterocycles. The number of halogens is 1. The molecule has 4 N–H and O–H groups in total. The van der Waals surface area contributed by atoms with Crippen LogP contribution in [0.3, 0.4) is 0 Å². The molecule has 1 rings (SSSR count). The van der Waals surface area contributed by atoms with Crippen LogP contribution in [0.15, 0.2) is 18.2 Å². The minimum Gasteiger partial charge on any atom is -0.389 e. The summed E-state index contributed by atoms with van der Waals surface area (Å²) in [4.78, 5) is 2.03. The number of benzene rings is 1. The number of likely N-dealkylation sites (N-methyl/N-ethyl adjacent to an activating group) is 1. The maximum Gasteiger partial charge on any atom is 0.123 e. The molecule has 0 atom stereocenters. The van der Waals surface area contributed by atoms with E-state index in [-0.39, 0.29) is 5.84 Å². The molecular weight excluding hydrogens is 245 g/mol. The number of hydrogen-bond donors (Lipinski definition) is 3. The summed E-state index contributed by atoms with van der Waals surface area (Å²) < 4.78 is 13.2. The molecule has 1 aromatic rings. The third-order valence-electron chi connectivity index (χ3n) is 2.81. The molecule has 0 spiro atoms. The van der Waals surface area contributed by atoms with E-state index in [4.69, 9.17) is 11.1 Å². The number of nitrogens with two attached hydrogens (primary N) is 1. The van der Waals surface area contributed by atoms with Gasteiger partial charge in [0.15, 0.2) is 0 Å². The van der Waals surface area contributed by atoms with E-state index < -0.39 is 11.4 Å². The van der Waals surface area contributed by atoms with E-state index >= 15 is 0 Å². The van der Waals surface area contributed by atoms with Crippen LogP contribution in [0.5, 0.6) is 0 Å². The largest absolute Gasteiger partial charge is 0.389 e. The highest BCUT2D eigenvalue weighted by Crippen LogP contribution is 2.15. The number of nitrogen functional groups attached to an aromatic ring is 1. The van der Waals surface area contributed by atoms with Gasteiger partial charge in [0.25, 0.3) is 0 Å². The van der Waals surface area contributed by atoms with E-state index in [0.717, 1.165) is 12.1 Å². The predicted molar refractivity (Wildman–Crippen MR) is 74.7 cm³/mol. The van der Waals surface area contributed by atoms with E-state index in [0.29, 0.717) is 18.7 Å². The number of nitrogens with one attached hydrogen (secondary N) is 1. The molecule has 0 radical (unpaired) electrons. The fourth-order valence-corrected chi connectivity index (χ4v) is 2.00. The summed E-state index contributed by atoms with van der Waals surface area (Å²) in [5.74, 6) is -0.548. The second-order valence-corrected chi connectivity index (χ2v) is 5.33. The molecule has 106 valence electrons. The summed E-state index contributed by atoms with van der Waals surface area (Å²) in [5, 5.41) is 17.3. The van der Waals surface area contributed by atoms with E-state index in [1.54, 1.807) is 19.9 Å². The van der Waals surface area contributed by atoms with Gasteiger partial charge in [-0.2, -0.15) is 0 Å². The van der Waals surface area contributed by atoms with Gasteiger partial charge in [-0.15, -0.1) is 0 Å². The molecule has 0 aliphatic rings. The second-order valence-electron chi connectivity index (χ2n) is 5.33. The molecule has 0 aromatic heterocycles. The second kappa shape index (κ2) is 6.12. The average molecular weight is 267 g/mol. The lowest BCUT2D eigenvalue weighted by Gasteiger charge is -2.28. The highest BCUT2D eigenvalue weighted by Gasteiger charge is 2.18. The first kappa shape index (κ1) is 15.6. The Morgan fingerprint density at radius 3 is 2.58 bits per heavy atom. The lowest BCUT2D eigenvalue weighted by atomic mass is 10.0. The molecule has 0 saturated heterocycles. The van der Waals surface area contributed by atoms with Gasteiger partial charge in [-0.05, 0) is 38.1 Å². The number of amidine groups is 1. The van der Waals surface area contributed by atoms with Crippen molar-refractivity contribution in [3.8, 4) is 0 Å². The highest BCUT2D eigenvalue weighted by atomic mass is 19.1. The van der Waals surface area contributed by atoms with E-state index in [1.165, 1.54) is 12.1 Å². The van der Waals surface area contributed by atoms with Crippen molar-refractivity contribution in [3.63, 3.8) is 0 Å². The Bertz CT molecular complexity index is 454. The lowest BCUT2D eigenvalue weighted by Crippen LogP contribution is -2.38. The first-order chi connectivity index (χ1) is 8.73. The van der Waals surface area contributed by atoms with Crippen molar-refractivity contribution >= 4 is 5.84 Å². The smallest absolute Gasteiger partial charge is 0.123 e. The molecule has 0 aliphatic carbocycles. The van der Waals surface area contributed by atoms with Gasteiger partial charge in [-0.25, -0.2) is 4.39 Å². The predicted octanol–water partition coefficient (Wildman–Crippen LogP) is 1.70. The molecule has 0 unspecified atom stereocenters. The third-order valence-corrected chi connectivity index (χ3v) is 2.81. The van der Waals surface area contributed by atoms with Crippen LogP contribution in [-0.2, 0) is 6.54 Å². The van der Waals surface area contributed by atoms with Crippen LogP contribution in [0.2, 0.25) is 0 Å². The van der Waals surface area contributed by atoms with Crippen LogP contribution in [0.4, 0.5) is 4.39 Å². The molecule has 0 saturated carbocycles. The van der Waals surface area contributed by atoms with Gasteiger partial charge in [0.05, 0.1) is 5.60 Å². The normalized spacial score (nSPS) is 11.9. The first-order valence-electron chi connectivity index (χ1n) is 6.30. The van der Waals surface area contributed by atoms with Crippen molar-refractivity contribution in [2.75, 3.05) is 13.1 Å². The number of nitrogens with zero attached hydrogens (tertiary/aromatic N) is 1. The molecule has 4 nitrogen and oxygen atoms in total. The van der Waals surface area contributed by atoms with E-state index in [1.807, 2.05) is 11.8 Å². The summed E-state index contributed by atoms with van der Waals surface area (Å²) in [6.45, 7) is 7.24. The van der Waals surface area contributed by atoms with Gasteiger partial charge >= 0.3 is 0 Å². The topological polar surface area (TPSA) is 73.3 Å². The van der Waals surface area contributed by atoms with Crippen LogP contribution in [0.1, 0.15) is 31.9 Å². The fraction of sp³-hybridized carbons (Fsp3) is 0.500. The van der Waals surface area contributed by atoms with Crippen molar-refractivity contribution in [2.24, 2.45) is 5.73 Å². The molecule has 5 heteroatoms. The minimum atomic E-state index is -0.799. The van der Waals surface area contributed by atoms with Gasteiger partial charge in [0.2, 0.25) is 0 Å². The molecule has 1 aromatic carbocycles. The van der Waals surface area contributed by atoms with Crippen LogP contribution >= 0.6 is 0 Å². The number of rotatable bonds is 6. The van der Waals surface area contributed by atoms with Gasteiger partial charge in [-0.3, -0.25) is 10.3 Å². The van der Waals surface area contributed by atoms with Crippen LogP contribution in [-0.4, -0.2) is 34.5 Å². The van der Waals surface area contributed by atoms with Crippen LogP contribution < -0.4 is 5.73 Å². The Morgan fingerprint density at radius 1 is 1.47 bits per heavy atom. The summed E-state index contributed by atoms with van der Waals surface area (Å²) in [6.07, 6.45) is 0. The van der Waals surface area contributed by atoms with E-state index in [9.17, 15) is 9.50 Å². The highest BCUT2D eigenvalue weighted by molar-refractivity contribution is 5.96. The monoisotopic (exact) mass is 267 g/mol. The zero-order valence-corrected chi connectivity index (χ0v) is 11.7. The Morgan fingerprint density at radius 2 is 2.11 bits per heavy atom. The zero-order valence-electron chi connectivity index (χ0n) is 11.7. The maximum absolute atomic E-state index is 13.2. The Hall–Kier alpha value is -1.46. The fourth-order valence-electron chi connectivity index (χ4n) is 2.00. The zero-order chi connectivity index (χ0) is 14.6. The van der Waals surface area contributed by atoms with Crippen molar-refractivity contribution in [1.82, 2.24) is 4.90 Å². The number of aliphatic hydroxyl groups is 1. The maximum atomic E-state index is 13.2. The summed E-state index contributed by atoms with van der Waals surface area (Å²) >= 11 is 0. The van der Waals surface area contributed by atoms with Gasteiger partial charge in [0.1, 0.15) is 11.7 Å². The summed E-state index contributed by atoms with van der Waals surface area (Å²) in [7, 11) is 0. The molecule has 0 amide bonds. The van der Waals surface area contributed by atoms with Gasteiger partial charge in [0, 0.05) is 18.7 Å². The quantitative estimate of drug-likeness (QED) is 0.542.